The Morgan fingerprint density at radius 1 is 1.13 bits per heavy atom. The van der Waals surface area contributed by atoms with E-state index in [9.17, 15) is 9.59 Å². The zero-order chi connectivity index (χ0) is 22.2. The van der Waals surface area contributed by atoms with E-state index in [2.05, 4.69) is 25.7 Å². The Bertz CT molecular complexity index is 1070. The molecule has 1 N–H and O–H groups in total. The Morgan fingerprint density at radius 3 is 2.52 bits per heavy atom. The highest BCUT2D eigenvalue weighted by Crippen LogP contribution is 2.49. The molecule has 1 aliphatic carbocycles. The van der Waals surface area contributed by atoms with Gasteiger partial charge in [-0.05, 0) is 29.0 Å². The first-order chi connectivity index (χ1) is 14.8. The molecule has 2 aromatic carbocycles. The number of esters is 1. The summed E-state index contributed by atoms with van der Waals surface area (Å²) in [6.45, 7) is 8.45. The summed E-state index contributed by atoms with van der Waals surface area (Å²) in [5, 5.41) is 3.79. The monoisotopic (exact) mass is 435 g/mol. The third-order valence-electron chi connectivity index (χ3n) is 5.97. The summed E-state index contributed by atoms with van der Waals surface area (Å²) in [5.74, 6) is -1.65. The van der Waals surface area contributed by atoms with Gasteiger partial charge >= 0.3 is 5.97 Å². The molecule has 0 saturated heterocycles. The van der Waals surface area contributed by atoms with Crippen molar-refractivity contribution in [3.63, 3.8) is 0 Å². The minimum atomic E-state index is -0.743. The van der Waals surface area contributed by atoms with Gasteiger partial charge in [0, 0.05) is 34.3 Å². The van der Waals surface area contributed by atoms with Crippen LogP contribution in [0.15, 0.2) is 78.1 Å². The van der Waals surface area contributed by atoms with Crippen LogP contribution in [0.1, 0.15) is 43.7 Å². The molecule has 4 rings (SSSR count). The molecule has 0 bridgehead atoms. The quantitative estimate of drug-likeness (QED) is 0.640. The molecule has 4 nitrogen and oxygen atoms in total. The highest BCUT2D eigenvalue weighted by atomic mass is 35.5. The van der Waals surface area contributed by atoms with Crippen LogP contribution in [0.25, 0.3) is 0 Å². The average molecular weight is 436 g/mol. The summed E-state index contributed by atoms with van der Waals surface area (Å²) in [4.78, 5) is 26.6. The van der Waals surface area contributed by atoms with Crippen molar-refractivity contribution in [3.8, 4) is 0 Å². The van der Waals surface area contributed by atoms with Crippen molar-refractivity contribution in [2.24, 2.45) is 11.3 Å². The molecule has 0 aromatic heterocycles. The number of benzene rings is 2. The van der Waals surface area contributed by atoms with Crippen molar-refractivity contribution in [1.29, 1.82) is 0 Å². The fourth-order valence-electron chi connectivity index (χ4n) is 4.61. The molecule has 1 aliphatic heterocycles. The zero-order valence-corrected chi connectivity index (χ0v) is 18.5. The number of Topliss-reactive ketones (excluding diaryl/α,β-unsaturated/α-hetero) is 1. The predicted molar refractivity (Wildman–Crippen MR) is 121 cm³/mol. The number of rotatable bonds is 4. The Morgan fingerprint density at radius 2 is 1.81 bits per heavy atom. The number of ketones is 1. The lowest BCUT2D eigenvalue weighted by atomic mass is 9.66. The van der Waals surface area contributed by atoms with E-state index < -0.39 is 17.8 Å². The molecule has 2 unspecified atom stereocenters. The van der Waals surface area contributed by atoms with Gasteiger partial charge in [-0.2, -0.15) is 0 Å². The molecule has 0 saturated carbocycles. The number of ether oxygens (including phenoxy) is 1. The third kappa shape index (κ3) is 4.31. The van der Waals surface area contributed by atoms with Gasteiger partial charge in [0.05, 0.1) is 0 Å². The molecule has 2 aliphatic rings. The second-order valence-electron chi connectivity index (χ2n) is 9.05. The topological polar surface area (TPSA) is 55.4 Å². The van der Waals surface area contributed by atoms with E-state index in [-0.39, 0.29) is 17.8 Å². The number of nitrogens with one attached hydrogen (secondary N) is 1. The van der Waals surface area contributed by atoms with E-state index in [0.29, 0.717) is 29.1 Å². The van der Waals surface area contributed by atoms with Gasteiger partial charge in [0.15, 0.2) is 5.78 Å². The van der Waals surface area contributed by atoms with Crippen LogP contribution in [0.4, 0.5) is 0 Å². The van der Waals surface area contributed by atoms with Crippen LogP contribution in [0.5, 0.6) is 0 Å². The van der Waals surface area contributed by atoms with Gasteiger partial charge in [-0.25, -0.2) is 0 Å². The maximum absolute atomic E-state index is 13.3. The number of halogens is 1. The molecule has 0 amide bonds. The molecule has 5 heteroatoms. The summed E-state index contributed by atoms with van der Waals surface area (Å²) in [6, 6.07) is 16.9. The van der Waals surface area contributed by atoms with Crippen LogP contribution in [-0.4, -0.2) is 11.8 Å². The van der Waals surface area contributed by atoms with Crippen molar-refractivity contribution in [2.45, 2.75) is 39.2 Å². The van der Waals surface area contributed by atoms with Crippen molar-refractivity contribution in [2.75, 3.05) is 0 Å². The zero-order valence-electron chi connectivity index (χ0n) is 17.8. The van der Waals surface area contributed by atoms with E-state index in [1.807, 2.05) is 48.5 Å². The third-order valence-corrected chi connectivity index (χ3v) is 6.31. The summed E-state index contributed by atoms with van der Waals surface area (Å²) in [7, 11) is 0. The lowest BCUT2D eigenvalue weighted by Gasteiger charge is -2.42. The number of hydrogen-bond acceptors (Lipinski definition) is 4. The second kappa shape index (κ2) is 8.35. The minimum absolute atomic E-state index is 0.0389. The first-order valence-electron chi connectivity index (χ1n) is 10.4. The normalized spacial score (nSPS) is 22.5. The highest BCUT2D eigenvalue weighted by molar-refractivity contribution is 6.31. The molecule has 2 atom stereocenters. The van der Waals surface area contributed by atoms with Gasteiger partial charge in [0.1, 0.15) is 12.5 Å². The van der Waals surface area contributed by atoms with Crippen LogP contribution in [0.3, 0.4) is 0 Å². The molecule has 0 spiro atoms. The molecular formula is C26H26ClNO3. The van der Waals surface area contributed by atoms with Crippen LogP contribution in [0.2, 0.25) is 5.02 Å². The first kappa shape index (κ1) is 21.4. The van der Waals surface area contributed by atoms with Gasteiger partial charge < -0.3 is 10.1 Å². The van der Waals surface area contributed by atoms with Crippen molar-refractivity contribution in [3.05, 3.63) is 94.3 Å². The Balaban J connectivity index is 1.74. The van der Waals surface area contributed by atoms with E-state index in [1.165, 1.54) is 0 Å². The number of carbonyl (C=O) groups excluding carboxylic acids is 2. The fourth-order valence-corrected chi connectivity index (χ4v) is 4.86. The Kier molecular flexibility index (Phi) is 5.76. The minimum Gasteiger partial charge on any atom is -0.460 e. The molecular weight excluding hydrogens is 410 g/mol. The SMILES string of the molecule is C=C1NC2=C(C(=O)CC(C)(C)C2)C(c2ccccc2Cl)C1C(=O)OCc1ccccc1. The fraction of sp³-hybridized carbons (Fsp3) is 0.308. The number of carbonyl (C=O) groups is 2. The summed E-state index contributed by atoms with van der Waals surface area (Å²) >= 11 is 6.55. The standard InChI is InChI=1S/C26H26ClNO3/c1-16-22(25(30)31-15-17-9-5-4-6-10-17)23(18-11-7-8-12-19(18)27)24-20(28-16)13-26(2,3)14-21(24)29/h4-12,22-23,28H,1,13-15H2,2-3H3. The molecule has 0 fully saturated rings. The van der Waals surface area contributed by atoms with Crippen LogP contribution in [0, 0.1) is 11.3 Å². The number of hydrogen-bond donors (Lipinski definition) is 1. The lowest BCUT2D eigenvalue weighted by Crippen LogP contribution is -2.43. The molecule has 2 aromatic rings. The maximum Gasteiger partial charge on any atom is 0.316 e. The predicted octanol–water partition coefficient (Wildman–Crippen LogP) is 5.54. The Labute approximate surface area is 187 Å². The van der Waals surface area contributed by atoms with E-state index >= 15 is 0 Å². The molecule has 160 valence electrons. The van der Waals surface area contributed by atoms with E-state index in [4.69, 9.17) is 16.3 Å². The van der Waals surface area contributed by atoms with Gasteiger partial charge in [0.25, 0.3) is 0 Å². The molecule has 1 heterocycles. The van der Waals surface area contributed by atoms with Gasteiger partial charge in [-0.3, -0.25) is 9.59 Å². The van der Waals surface area contributed by atoms with Gasteiger partial charge in [0.2, 0.25) is 0 Å². The first-order valence-corrected chi connectivity index (χ1v) is 10.8. The summed E-state index contributed by atoms with van der Waals surface area (Å²) < 4.78 is 5.67. The van der Waals surface area contributed by atoms with E-state index in [1.54, 1.807) is 6.07 Å². The molecule has 0 radical (unpaired) electrons. The highest BCUT2D eigenvalue weighted by Gasteiger charge is 2.47. The van der Waals surface area contributed by atoms with Crippen LogP contribution >= 0.6 is 11.6 Å². The largest absolute Gasteiger partial charge is 0.460 e. The van der Waals surface area contributed by atoms with Gasteiger partial charge in [-0.1, -0.05) is 80.6 Å². The van der Waals surface area contributed by atoms with Crippen molar-refractivity contribution < 1.29 is 14.3 Å². The average Bonchev–Trinajstić information content (AvgIpc) is 2.71. The van der Waals surface area contributed by atoms with Crippen LogP contribution < -0.4 is 5.32 Å². The van der Waals surface area contributed by atoms with Crippen molar-refractivity contribution >= 4 is 23.4 Å². The number of allylic oxidation sites excluding steroid dienone is 2. The van der Waals surface area contributed by atoms with Gasteiger partial charge in [-0.15, -0.1) is 0 Å². The van der Waals surface area contributed by atoms with Crippen LogP contribution in [-0.2, 0) is 20.9 Å². The second-order valence-corrected chi connectivity index (χ2v) is 9.46. The maximum atomic E-state index is 13.3. The lowest BCUT2D eigenvalue weighted by molar-refractivity contribution is -0.149. The Hall–Kier alpha value is -2.85. The smallest absolute Gasteiger partial charge is 0.316 e. The summed E-state index contributed by atoms with van der Waals surface area (Å²) in [5.41, 5.74) is 3.48. The van der Waals surface area contributed by atoms with E-state index in [0.717, 1.165) is 16.8 Å². The van der Waals surface area contributed by atoms with Crippen molar-refractivity contribution in [1.82, 2.24) is 5.32 Å². The molecule has 31 heavy (non-hydrogen) atoms. The summed E-state index contributed by atoms with van der Waals surface area (Å²) in [6.07, 6.45) is 1.13.